The van der Waals surface area contributed by atoms with Crippen molar-refractivity contribution in [3.05, 3.63) is 35.3 Å². The molecule has 0 spiro atoms. The number of amides is 1. The number of nitrogens with one attached hydrogen (secondary N) is 1. The Hall–Kier alpha value is -2.44. The average molecular weight is 314 g/mol. The number of aryl methyl sites for hydroxylation is 2. The quantitative estimate of drug-likeness (QED) is 0.929. The Morgan fingerprint density at radius 1 is 1.35 bits per heavy atom. The fraction of sp³-hybridized carbons (Fsp3) is 0.500. The van der Waals surface area contributed by atoms with E-state index in [2.05, 4.69) is 38.5 Å². The molecule has 1 aliphatic heterocycles. The van der Waals surface area contributed by atoms with Gasteiger partial charge in [-0.1, -0.05) is 0 Å². The average Bonchev–Trinajstić information content (AvgIpc) is 3.07. The summed E-state index contributed by atoms with van der Waals surface area (Å²) in [4.78, 5) is 13.9. The Balaban J connectivity index is 1.76. The fourth-order valence-corrected chi connectivity index (χ4v) is 2.86. The molecule has 2 aromatic heterocycles. The van der Waals surface area contributed by atoms with Gasteiger partial charge in [-0.05, 0) is 44.4 Å². The second kappa shape index (κ2) is 6.36. The zero-order valence-electron chi connectivity index (χ0n) is 13.8. The lowest BCUT2D eigenvalue weighted by molar-refractivity contribution is 0.0957. The first-order chi connectivity index (χ1) is 11.1. The van der Waals surface area contributed by atoms with Crippen molar-refractivity contribution in [2.24, 2.45) is 0 Å². The van der Waals surface area contributed by atoms with Gasteiger partial charge in [0.1, 0.15) is 5.69 Å². The molecule has 7 nitrogen and oxygen atoms in total. The highest BCUT2D eigenvalue weighted by molar-refractivity contribution is 5.91. The molecule has 1 fully saturated rings. The highest BCUT2D eigenvalue weighted by atomic mass is 16.1. The monoisotopic (exact) mass is 314 g/mol. The minimum atomic E-state index is -0.156. The van der Waals surface area contributed by atoms with Crippen LogP contribution in [0.25, 0.3) is 0 Å². The van der Waals surface area contributed by atoms with E-state index in [0.717, 1.165) is 43.0 Å². The number of carbonyl (C=O) groups excluding carboxylic acids is 1. The van der Waals surface area contributed by atoms with Crippen LogP contribution < -0.4 is 10.2 Å². The SMILES string of the molecule is CNC(=O)c1ccn([C@@H]2CCCN(c3cc(C)c(C)nn3)C2)n1. The number of piperidine rings is 1. The first-order valence-electron chi connectivity index (χ1n) is 7.91. The molecule has 0 aromatic carbocycles. The third-order valence-corrected chi connectivity index (χ3v) is 4.38. The van der Waals surface area contributed by atoms with Crippen molar-refractivity contribution in [1.82, 2.24) is 25.3 Å². The Kier molecular flexibility index (Phi) is 4.27. The van der Waals surface area contributed by atoms with Gasteiger partial charge in [0.05, 0.1) is 11.7 Å². The van der Waals surface area contributed by atoms with Crippen LogP contribution in [0.15, 0.2) is 18.3 Å². The van der Waals surface area contributed by atoms with Crippen LogP contribution >= 0.6 is 0 Å². The number of hydrogen-bond acceptors (Lipinski definition) is 5. The van der Waals surface area contributed by atoms with Crippen LogP contribution in [-0.2, 0) is 0 Å². The van der Waals surface area contributed by atoms with Gasteiger partial charge in [0.15, 0.2) is 5.82 Å². The first kappa shape index (κ1) is 15.5. The second-order valence-corrected chi connectivity index (χ2v) is 5.97. The molecular weight excluding hydrogens is 292 g/mol. The maximum absolute atomic E-state index is 11.6. The Labute approximate surface area is 135 Å². The summed E-state index contributed by atoms with van der Waals surface area (Å²) in [6.45, 7) is 5.82. The standard InChI is InChI=1S/C16H22N6O/c1-11-9-15(19-18-12(11)2)21-7-4-5-13(10-21)22-8-6-14(20-22)16(23)17-3/h6,8-9,13H,4-5,7,10H2,1-3H3,(H,17,23)/t13-/m1/s1. The van der Waals surface area contributed by atoms with Gasteiger partial charge in [0.25, 0.3) is 5.91 Å². The van der Waals surface area contributed by atoms with Crippen LogP contribution in [-0.4, -0.2) is 46.0 Å². The molecule has 3 heterocycles. The molecule has 1 N–H and O–H groups in total. The van der Waals surface area contributed by atoms with E-state index in [4.69, 9.17) is 0 Å². The molecule has 7 heteroatoms. The largest absolute Gasteiger partial charge is 0.354 e. The molecular formula is C16H22N6O. The maximum Gasteiger partial charge on any atom is 0.271 e. The van der Waals surface area contributed by atoms with Gasteiger partial charge in [-0.15, -0.1) is 5.10 Å². The summed E-state index contributed by atoms with van der Waals surface area (Å²) >= 11 is 0. The summed E-state index contributed by atoms with van der Waals surface area (Å²) in [6, 6.07) is 4.09. The number of carbonyl (C=O) groups is 1. The molecule has 1 atom stereocenters. The van der Waals surface area contributed by atoms with Crippen molar-refractivity contribution in [3.63, 3.8) is 0 Å². The summed E-state index contributed by atoms with van der Waals surface area (Å²) in [6.07, 6.45) is 3.99. The smallest absolute Gasteiger partial charge is 0.271 e. The van der Waals surface area contributed by atoms with Crippen LogP contribution in [0.2, 0.25) is 0 Å². The number of hydrogen-bond donors (Lipinski definition) is 1. The second-order valence-electron chi connectivity index (χ2n) is 5.97. The van der Waals surface area contributed by atoms with Crippen molar-refractivity contribution in [1.29, 1.82) is 0 Å². The lowest BCUT2D eigenvalue weighted by atomic mass is 10.1. The van der Waals surface area contributed by atoms with Gasteiger partial charge in [-0.2, -0.15) is 10.2 Å². The predicted octanol–water partition coefficient (Wildman–Crippen LogP) is 1.49. The first-order valence-corrected chi connectivity index (χ1v) is 7.91. The highest BCUT2D eigenvalue weighted by Crippen LogP contribution is 2.25. The van der Waals surface area contributed by atoms with E-state index in [1.54, 1.807) is 13.1 Å². The zero-order valence-corrected chi connectivity index (χ0v) is 13.8. The number of nitrogens with zero attached hydrogens (tertiary/aromatic N) is 5. The molecule has 1 aliphatic rings. The van der Waals surface area contributed by atoms with Gasteiger partial charge in [0.2, 0.25) is 0 Å². The Morgan fingerprint density at radius 3 is 2.91 bits per heavy atom. The van der Waals surface area contributed by atoms with Crippen molar-refractivity contribution >= 4 is 11.7 Å². The van der Waals surface area contributed by atoms with Crippen LogP contribution in [0, 0.1) is 13.8 Å². The topological polar surface area (TPSA) is 75.9 Å². The van der Waals surface area contributed by atoms with Gasteiger partial charge < -0.3 is 10.2 Å². The van der Waals surface area contributed by atoms with Crippen molar-refractivity contribution < 1.29 is 4.79 Å². The summed E-state index contributed by atoms with van der Waals surface area (Å²) in [5.41, 5.74) is 2.57. The molecule has 23 heavy (non-hydrogen) atoms. The van der Waals surface area contributed by atoms with Crippen LogP contribution in [0.5, 0.6) is 0 Å². The van der Waals surface area contributed by atoms with E-state index in [1.165, 1.54) is 0 Å². The van der Waals surface area contributed by atoms with Gasteiger partial charge in [0, 0.05) is 26.3 Å². The molecule has 3 rings (SSSR count). The molecule has 0 saturated carbocycles. The molecule has 0 radical (unpaired) electrons. The summed E-state index contributed by atoms with van der Waals surface area (Å²) in [5, 5.41) is 15.5. The molecule has 0 aliphatic carbocycles. The lowest BCUT2D eigenvalue weighted by Gasteiger charge is -2.33. The maximum atomic E-state index is 11.6. The van der Waals surface area contributed by atoms with Gasteiger partial charge >= 0.3 is 0 Å². The van der Waals surface area contributed by atoms with Crippen LogP contribution in [0.3, 0.4) is 0 Å². The molecule has 1 amide bonds. The molecule has 2 aromatic rings. The van der Waals surface area contributed by atoms with Crippen molar-refractivity contribution in [2.75, 3.05) is 25.0 Å². The fourth-order valence-electron chi connectivity index (χ4n) is 2.86. The van der Waals surface area contributed by atoms with Crippen molar-refractivity contribution in [2.45, 2.75) is 32.7 Å². The summed E-state index contributed by atoms with van der Waals surface area (Å²) in [7, 11) is 1.61. The van der Waals surface area contributed by atoms with E-state index >= 15 is 0 Å². The third-order valence-electron chi connectivity index (χ3n) is 4.38. The molecule has 0 bridgehead atoms. The minimum absolute atomic E-state index is 0.156. The Morgan fingerprint density at radius 2 is 2.17 bits per heavy atom. The molecule has 122 valence electrons. The van der Waals surface area contributed by atoms with Crippen molar-refractivity contribution in [3.8, 4) is 0 Å². The van der Waals surface area contributed by atoms with Gasteiger partial charge in [-0.3, -0.25) is 9.48 Å². The van der Waals surface area contributed by atoms with E-state index in [1.807, 2.05) is 17.8 Å². The number of rotatable bonds is 3. The number of anilines is 1. The zero-order chi connectivity index (χ0) is 16.4. The van der Waals surface area contributed by atoms with E-state index in [0.29, 0.717) is 5.69 Å². The molecule has 1 saturated heterocycles. The molecule has 0 unspecified atom stereocenters. The number of aromatic nitrogens is 4. The minimum Gasteiger partial charge on any atom is -0.354 e. The van der Waals surface area contributed by atoms with E-state index < -0.39 is 0 Å². The highest BCUT2D eigenvalue weighted by Gasteiger charge is 2.24. The summed E-state index contributed by atoms with van der Waals surface area (Å²) in [5.74, 6) is 0.757. The van der Waals surface area contributed by atoms with E-state index in [9.17, 15) is 4.79 Å². The Bertz CT molecular complexity index is 710. The summed E-state index contributed by atoms with van der Waals surface area (Å²) < 4.78 is 1.89. The lowest BCUT2D eigenvalue weighted by Crippen LogP contribution is -2.37. The van der Waals surface area contributed by atoms with Crippen LogP contribution in [0.1, 0.15) is 40.6 Å². The van der Waals surface area contributed by atoms with E-state index in [-0.39, 0.29) is 11.9 Å². The third kappa shape index (κ3) is 3.18. The predicted molar refractivity (Wildman–Crippen MR) is 87.6 cm³/mol. The van der Waals surface area contributed by atoms with Crippen LogP contribution in [0.4, 0.5) is 5.82 Å². The van der Waals surface area contributed by atoms with Gasteiger partial charge in [-0.25, -0.2) is 0 Å². The normalized spacial score (nSPS) is 18.0.